The second-order valence-corrected chi connectivity index (χ2v) is 62.1. The van der Waals surface area contributed by atoms with Gasteiger partial charge in [-0.3, -0.25) is 0 Å². The van der Waals surface area contributed by atoms with Crippen molar-refractivity contribution < 1.29 is 15.6 Å². The van der Waals surface area contributed by atoms with Crippen LogP contribution in [0.5, 0.6) is 0 Å². The van der Waals surface area contributed by atoms with E-state index < -0.39 is 21.5 Å². The van der Waals surface area contributed by atoms with Crippen molar-refractivity contribution >= 4 is 35.1 Å². The van der Waals surface area contributed by atoms with Crippen LogP contribution >= 0.6 is 17.0 Å². The fraction of sp³-hybridized carbons (Fsp3) is 0.481. The minimum absolute atomic E-state index is 0.134. The van der Waals surface area contributed by atoms with Gasteiger partial charge >= 0.3 is 364 Å². The summed E-state index contributed by atoms with van der Waals surface area (Å²) in [6.45, 7) is 14.3. The Morgan fingerprint density at radius 1 is 0.552 bits per heavy atom. The molecule has 2 saturated carbocycles. The van der Waals surface area contributed by atoms with Gasteiger partial charge in [-0.15, -0.1) is 0 Å². The third-order valence-electron chi connectivity index (χ3n) is 15.0. The van der Waals surface area contributed by atoms with Crippen LogP contribution in [-0.2, 0) is 28.4 Å². The fourth-order valence-electron chi connectivity index (χ4n) is 12.1. The molecule has 0 radical (unpaired) electrons. The Morgan fingerprint density at radius 2 is 0.931 bits per heavy atom. The second kappa shape index (κ2) is 17.8. The quantitative estimate of drug-likeness (QED) is 0.117. The Balaban J connectivity index is 1.34. The van der Waals surface area contributed by atoms with E-state index in [2.05, 4.69) is 126 Å². The molecule has 307 valence electrons. The van der Waals surface area contributed by atoms with E-state index in [9.17, 15) is 17.0 Å². The summed E-state index contributed by atoms with van der Waals surface area (Å²) in [6, 6.07) is 28.9. The summed E-state index contributed by atoms with van der Waals surface area (Å²) in [5, 5.41) is 0. The number of aryl methyl sites for hydroxylation is 4. The molecular formula is C54H69Cl2SiZr. The van der Waals surface area contributed by atoms with Gasteiger partial charge in [-0.1, -0.05) is 0 Å². The zero-order valence-corrected chi connectivity index (χ0v) is 41.7. The number of benzene rings is 4. The average Bonchev–Trinajstić information content (AvgIpc) is 3.77. The van der Waals surface area contributed by atoms with Crippen LogP contribution in [0.4, 0.5) is 0 Å². The predicted molar refractivity (Wildman–Crippen MR) is 256 cm³/mol. The maximum atomic E-state index is 9.19. The van der Waals surface area contributed by atoms with Crippen molar-refractivity contribution in [3.8, 4) is 22.3 Å². The molecule has 0 spiro atoms. The molecule has 4 aliphatic rings. The van der Waals surface area contributed by atoms with Crippen LogP contribution < -0.4 is 0 Å². The number of hydrogen-bond donors (Lipinski definition) is 0. The van der Waals surface area contributed by atoms with Crippen molar-refractivity contribution in [1.82, 2.24) is 0 Å². The van der Waals surface area contributed by atoms with Crippen LogP contribution in [0.15, 0.2) is 83.9 Å². The van der Waals surface area contributed by atoms with Crippen LogP contribution in [0.3, 0.4) is 0 Å². The van der Waals surface area contributed by atoms with Gasteiger partial charge in [0.2, 0.25) is 0 Å². The molecule has 0 heterocycles. The van der Waals surface area contributed by atoms with Gasteiger partial charge < -0.3 is 0 Å². The summed E-state index contributed by atoms with van der Waals surface area (Å²) < 4.78 is 0.267. The first-order valence-electron chi connectivity index (χ1n) is 23.4. The molecule has 2 atom stereocenters. The second-order valence-electron chi connectivity index (χ2n) is 19.6. The van der Waals surface area contributed by atoms with E-state index in [-0.39, 0.29) is 7.25 Å². The van der Waals surface area contributed by atoms with E-state index >= 15 is 0 Å². The maximum absolute atomic E-state index is 9.19. The third kappa shape index (κ3) is 8.21. The average molecular weight is 908 g/mol. The Bertz CT molecular complexity index is 2010. The van der Waals surface area contributed by atoms with Gasteiger partial charge in [0.25, 0.3) is 0 Å². The molecule has 4 aliphatic carbocycles. The van der Waals surface area contributed by atoms with Crippen molar-refractivity contribution in [2.24, 2.45) is 11.8 Å². The molecule has 2 unspecified atom stereocenters. The van der Waals surface area contributed by atoms with E-state index in [1.54, 1.807) is 11.1 Å². The molecule has 4 aromatic carbocycles. The molecule has 0 bridgehead atoms. The molecule has 0 amide bonds. The zero-order valence-electron chi connectivity index (χ0n) is 36.5. The third-order valence-corrected chi connectivity index (χ3v) is 66.9. The van der Waals surface area contributed by atoms with Crippen LogP contribution in [0, 0.1) is 25.7 Å². The monoisotopic (exact) mass is 905 g/mol. The van der Waals surface area contributed by atoms with Crippen LogP contribution in [0.2, 0.25) is 13.1 Å². The summed E-state index contributed by atoms with van der Waals surface area (Å²) in [4.78, 5) is 0. The van der Waals surface area contributed by atoms with Gasteiger partial charge in [-0.25, -0.2) is 0 Å². The summed E-state index contributed by atoms with van der Waals surface area (Å²) in [7, 11) is 18.4. The number of rotatable bonds is 13. The van der Waals surface area contributed by atoms with E-state index in [1.165, 1.54) is 144 Å². The van der Waals surface area contributed by atoms with Crippen molar-refractivity contribution in [1.29, 1.82) is 0 Å². The molecule has 4 aromatic rings. The number of halogens is 2. The first kappa shape index (κ1) is 42.7. The molecule has 58 heavy (non-hydrogen) atoms. The molecule has 0 N–H and O–H groups in total. The molecule has 0 saturated heterocycles. The van der Waals surface area contributed by atoms with E-state index in [4.69, 9.17) is 0 Å². The Kier molecular flexibility index (Phi) is 13.1. The summed E-state index contributed by atoms with van der Waals surface area (Å²) in [5.41, 5.74) is 19.8. The van der Waals surface area contributed by atoms with Crippen molar-refractivity contribution in [3.63, 3.8) is 0 Å². The summed E-state index contributed by atoms with van der Waals surface area (Å²) in [6.07, 6.45) is 25.7. The molecule has 8 rings (SSSR count). The number of allylic oxidation sites excluding steroid dienone is 2. The van der Waals surface area contributed by atoms with Crippen LogP contribution in [-0.4, -0.2) is 5.92 Å². The van der Waals surface area contributed by atoms with Gasteiger partial charge in [0, 0.05) is 0 Å². The minimum atomic E-state index is -5.03. The number of hydrogen-bond acceptors (Lipinski definition) is 0. The zero-order chi connectivity index (χ0) is 40.6. The molecule has 0 aliphatic heterocycles. The van der Waals surface area contributed by atoms with Gasteiger partial charge in [0.15, 0.2) is 0 Å². The first-order chi connectivity index (χ1) is 28.0. The Labute approximate surface area is 361 Å². The Hall–Kier alpha value is -1.96. The van der Waals surface area contributed by atoms with Crippen molar-refractivity contribution in [2.75, 3.05) is 0 Å². The molecule has 2 fully saturated rings. The van der Waals surface area contributed by atoms with Gasteiger partial charge in [0.1, 0.15) is 0 Å². The van der Waals surface area contributed by atoms with E-state index in [1.807, 2.05) is 0 Å². The normalized spacial score (nSPS) is 20.7. The molecule has 0 nitrogen and oxygen atoms in total. The first-order valence-corrected chi connectivity index (χ1v) is 39.8. The predicted octanol–water partition coefficient (Wildman–Crippen LogP) is 17.0. The Morgan fingerprint density at radius 3 is 1.28 bits per heavy atom. The van der Waals surface area contributed by atoms with E-state index in [0.29, 0.717) is 11.8 Å². The standard InChI is InChI=1S/2C26H31.C2H7Si.2ClH.Zr/c2*1-3-7-20-10-12-23(13-11-20)25-15-19(2)14-24-17-22(18-26(24)25)16-21-8-5-4-6-9-21;1-3-2;;;/h2*10-15,17-18,21H,3-9,16H2,1-2H3;3H,1-2H3;2*1H;/q;;;;;+2/p-2. The number of fused-ring (bicyclic) bond motifs is 2. The van der Waals surface area contributed by atoms with Crippen LogP contribution in [0.1, 0.15) is 155 Å². The fourth-order valence-corrected chi connectivity index (χ4v) is 43.4. The molecular weight excluding hydrogens is 839 g/mol. The SMILES string of the molecule is CCCc1ccc(-c2cc(C)cc3c2C=C(CC2CCCCC2)[CH]3[Zr]([Cl])([Cl])([CH]2C(CC3CCCCC3)=Cc3c(-c4ccc(CCC)cc4)cc(C)cc32)[SiH](C)C)cc1. The van der Waals surface area contributed by atoms with Gasteiger partial charge in [0.05, 0.1) is 0 Å². The van der Waals surface area contributed by atoms with Crippen LogP contribution in [0.25, 0.3) is 34.4 Å². The summed E-state index contributed by atoms with van der Waals surface area (Å²) >= 11 is -5.03. The topological polar surface area (TPSA) is 0 Å². The summed E-state index contributed by atoms with van der Waals surface area (Å²) in [5.74, 6) is -0.278. The molecule has 4 heteroatoms. The van der Waals surface area contributed by atoms with Crippen molar-refractivity contribution in [2.45, 2.75) is 151 Å². The molecule has 0 aromatic heterocycles. The van der Waals surface area contributed by atoms with Gasteiger partial charge in [-0.2, -0.15) is 0 Å². The van der Waals surface area contributed by atoms with Gasteiger partial charge in [-0.05, 0) is 0 Å². The van der Waals surface area contributed by atoms with E-state index in [0.717, 1.165) is 25.7 Å². The van der Waals surface area contributed by atoms with Crippen molar-refractivity contribution in [3.05, 3.63) is 128 Å².